The lowest BCUT2D eigenvalue weighted by molar-refractivity contribution is -0.120. The molecule has 0 aliphatic heterocycles. The molecule has 0 heterocycles. The van der Waals surface area contributed by atoms with Crippen LogP contribution >= 0.6 is 0 Å². The Labute approximate surface area is 218 Å². The quantitative estimate of drug-likeness (QED) is 0.128. The van der Waals surface area contributed by atoms with E-state index in [1.54, 1.807) is 14.1 Å². The average molecular weight is 487 g/mol. The van der Waals surface area contributed by atoms with E-state index >= 15 is 0 Å². The van der Waals surface area contributed by atoms with E-state index in [2.05, 4.69) is 5.73 Å². The highest BCUT2D eigenvalue weighted by Crippen LogP contribution is 2.20. The van der Waals surface area contributed by atoms with E-state index in [4.69, 9.17) is 0 Å². The standard InChI is InChI=1S/C33H30N2O2/c1-34(29-19-11-5-12-20-29)32(36)31(33(37)35(2)30-21-13-6-14-22-30)25-28(23-26-15-7-3-8-16-26)24-27-17-9-4-10-18-27/h3-22H,23-24H2,1-2H3. The molecule has 0 fully saturated rings. The number of anilines is 2. The van der Waals surface area contributed by atoms with Gasteiger partial charge in [-0.2, -0.15) is 0 Å². The average Bonchev–Trinajstić information content (AvgIpc) is 2.96. The van der Waals surface area contributed by atoms with Crippen LogP contribution in [0.15, 0.2) is 138 Å². The number of amides is 2. The maximum atomic E-state index is 13.8. The maximum absolute atomic E-state index is 13.8. The van der Waals surface area contributed by atoms with Crippen LogP contribution in [0.3, 0.4) is 0 Å². The van der Waals surface area contributed by atoms with Crippen LogP contribution in [0, 0.1) is 0 Å². The monoisotopic (exact) mass is 486 g/mol. The van der Waals surface area contributed by atoms with Crippen molar-refractivity contribution in [3.05, 3.63) is 149 Å². The van der Waals surface area contributed by atoms with Crippen molar-refractivity contribution in [3.8, 4) is 0 Å². The smallest absolute Gasteiger partial charge is 0.271 e. The zero-order valence-electron chi connectivity index (χ0n) is 21.2. The van der Waals surface area contributed by atoms with Crippen LogP contribution in [-0.4, -0.2) is 25.9 Å². The largest absolute Gasteiger partial charge is 0.311 e. The summed E-state index contributed by atoms with van der Waals surface area (Å²) in [5.74, 6) is -0.810. The number of likely N-dealkylation sites (N-methyl/N-ethyl adjacent to an activating group) is 2. The first-order chi connectivity index (χ1) is 18.0. The SMILES string of the molecule is CN(C(=O)C(=C=C(Cc1ccccc1)Cc1ccccc1)C(=O)N(C)c1ccccc1)c1ccccc1. The molecule has 0 aliphatic rings. The van der Waals surface area contributed by atoms with Crippen LogP contribution in [0.2, 0.25) is 0 Å². The van der Waals surface area contributed by atoms with Crippen LogP contribution in [0.1, 0.15) is 11.1 Å². The summed E-state index contributed by atoms with van der Waals surface area (Å²) in [6, 6.07) is 38.7. The van der Waals surface area contributed by atoms with Gasteiger partial charge in [-0.05, 0) is 41.0 Å². The Morgan fingerprint density at radius 1 is 0.541 bits per heavy atom. The highest BCUT2D eigenvalue weighted by molar-refractivity contribution is 6.27. The van der Waals surface area contributed by atoms with Gasteiger partial charge in [0.1, 0.15) is 5.57 Å². The third-order valence-corrected chi connectivity index (χ3v) is 6.15. The van der Waals surface area contributed by atoms with Crippen molar-refractivity contribution in [2.45, 2.75) is 12.8 Å². The van der Waals surface area contributed by atoms with E-state index in [-0.39, 0.29) is 5.57 Å². The lowest BCUT2D eigenvalue weighted by Gasteiger charge is -2.22. The highest BCUT2D eigenvalue weighted by Gasteiger charge is 2.26. The first kappa shape index (κ1) is 25.4. The molecule has 37 heavy (non-hydrogen) atoms. The van der Waals surface area contributed by atoms with Gasteiger partial charge in [-0.1, -0.05) is 97.1 Å². The van der Waals surface area contributed by atoms with Gasteiger partial charge in [0.2, 0.25) is 0 Å². The minimum Gasteiger partial charge on any atom is -0.311 e. The van der Waals surface area contributed by atoms with E-state index < -0.39 is 11.8 Å². The highest BCUT2D eigenvalue weighted by atomic mass is 16.2. The number of rotatable bonds is 8. The van der Waals surface area contributed by atoms with Crippen molar-refractivity contribution >= 4 is 23.2 Å². The summed E-state index contributed by atoms with van der Waals surface area (Å²) in [6.07, 6.45) is 1.15. The molecule has 0 bridgehead atoms. The van der Waals surface area contributed by atoms with Gasteiger partial charge < -0.3 is 9.80 Å². The zero-order valence-corrected chi connectivity index (χ0v) is 21.2. The van der Waals surface area contributed by atoms with Crippen LogP contribution in [0.25, 0.3) is 0 Å². The molecule has 0 saturated carbocycles. The van der Waals surface area contributed by atoms with Crippen molar-refractivity contribution in [1.82, 2.24) is 0 Å². The molecule has 0 atom stereocenters. The number of carbonyl (C=O) groups excluding carboxylic acids is 2. The van der Waals surface area contributed by atoms with Crippen molar-refractivity contribution < 1.29 is 9.59 Å². The molecular weight excluding hydrogens is 456 g/mol. The van der Waals surface area contributed by atoms with Gasteiger partial charge in [0, 0.05) is 38.3 Å². The topological polar surface area (TPSA) is 40.6 Å². The second-order valence-corrected chi connectivity index (χ2v) is 8.83. The first-order valence-corrected chi connectivity index (χ1v) is 12.3. The molecule has 0 N–H and O–H groups in total. The van der Waals surface area contributed by atoms with E-state index in [9.17, 15) is 9.59 Å². The Hall–Kier alpha value is -4.66. The lowest BCUT2D eigenvalue weighted by Crippen LogP contribution is -2.37. The first-order valence-electron chi connectivity index (χ1n) is 12.3. The van der Waals surface area contributed by atoms with E-state index in [1.165, 1.54) is 9.80 Å². The van der Waals surface area contributed by atoms with E-state index in [1.807, 2.05) is 121 Å². The molecule has 0 aliphatic carbocycles. The Morgan fingerprint density at radius 3 is 1.22 bits per heavy atom. The van der Waals surface area contributed by atoms with Gasteiger partial charge in [0.05, 0.1) is 0 Å². The summed E-state index contributed by atoms with van der Waals surface area (Å²) in [5, 5.41) is 0. The van der Waals surface area contributed by atoms with Crippen LogP contribution < -0.4 is 9.80 Å². The molecule has 4 rings (SSSR count). The van der Waals surface area contributed by atoms with Crippen molar-refractivity contribution in [3.63, 3.8) is 0 Å². The van der Waals surface area contributed by atoms with Crippen molar-refractivity contribution in [2.75, 3.05) is 23.9 Å². The Morgan fingerprint density at radius 2 is 0.865 bits per heavy atom. The summed E-state index contributed by atoms with van der Waals surface area (Å²) in [7, 11) is 3.37. The number of hydrogen-bond acceptors (Lipinski definition) is 2. The van der Waals surface area contributed by atoms with Crippen molar-refractivity contribution in [2.24, 2.45) is 0 Å². The number of para-hydroxylation sites is 2. The number of hydrogen-bond donors (Lipinski definition) is 0. The summed E-state index contributed by atoms with van der Waals surface area (Å²) in [4.78, 5) is 30.7. The summed E-state index contributed by atoms with van der Waals surface area (Å²) in [5.41, 5.74) is 7.75. The van der Waals surface area contributed by atoms with Gasteiger partial charge in [-0.3, -0.25) is 9.59 Å². The lowest BCUT2D eigenvalue weighted by atomic mass is 9.97. The molecule has 0 saturated heterocycles. The second-order valence-electron chi connectivity index (χ2n) is 8.83. The van der Waals surface area contributed by atoms with Gasteiger partial charge in [-0.25, -0.2) is 0 Å². The fourth-order valence-electron chi connectivity index (χ4n) is 4.08. The third-order valence-electron chi connectivity index (χ3n) is 6.15. The van der Waals surface area contributed by atoms with Crippen LogP contribution in [-0.2, 0) is 22.4 Å². The molecule has 184 valence electrons. The Bertz CT molecular complexity index is 1290. The maximum Gasteiger partial charge on any atom is 0.271 e. The fourth-order valence-corrected chi connectivity index (χ4v) is 4.08. The second kappa shape index (κ2) is 12.3. The third kappa shape index (κ3) is 6.72. The molecule has 0 radical (unpaired) electrons. The zero-order chi connectivity index (χ0) is 26.0. The van der Waals surface area contributed by atoms with Gasteiger partial charge in [0.15, 0.2) is 0 Å². The Balaban J connectivity index is 1.84. The molecule has 0 unspecified atom stereocenters. The summed E-state index contributed by atoms with van der Waals surface area (Å²) >= 11 is 0. The normalized spacial score (nSPS) is 10.2. The summed E-state index contributed by atoms with van der Waals surface area (Å²) < 4.78 is 0. The van der Waals surface area contributed by atoms with Crippen molar-refractivity contribution in [1.29, 1.82) is 0 Å². The molecule has 0 spiro atoms. The molecule has 4 nitrogen and oxygen atoms in total. The van der Waals surface area contributed by atoms with Crippen LogP contribution in [0.5, 0.6) is 0 Å². The number of benzene rings is 4. The molecule has 4 aromatic rings. The molecule has 4 heteroatoms. The predicted octanol–water partition coefficient (Wildman–Crippen LogP) is 6.25. The fraction of sp³-hybridized carbons (Fsp3) is 0.121. The number of carbonyl (C=O) groups is 2. The minimum absolute atomic E-state index is 0.000400. The Kier molecular flexibility index (Phi) is 8.49. The summed E-state index contributed by atoms with van der Waals surface area (Å²) in [6.45, 7) is 0. The molecule has 4 aromatic carbocycles. The molecular formula is C33H30N2O2. The van der Waals surface area contributed by atoms with E-state index in [0.717, 1.165) is 16.7 Å². The van der Waals surface area contributed by atoms with Gasteiger partial charge in [-0.15, -0.1) is 5.73 Å². The minimum atomic E-state index is -0.405. The van der Waals surface area contributed by atoms with Gasteiger partial charge >= 0.3 is 0 Å². The molecule has 0 aromatic heterocycles. The number of nitrogens with zero attached hydrogens (tertiary/aromatic N) is 2. The van der Waals surface area contributed by atoms with Gasteiger partial charge in [0.25, 0.3) is 11.8 Å². The molecule has 2 amide bonds. The van der Waals surface area contributed by atoms with Crippen LogP contribution in [0.4, 0.5) is 11.4 Å². The predicted molar refractivity (Wildman–Crippen MR) is 151 cm³/mol. The van der Waals surface area contributed by atoms with E-state index in [0.29, 0.717) is 24.2 Å².